The monoisotopic (exact) mass is 264 g/mol. The maximum absolute atomic E-state index is 9.90. The summed E-state index contributed by atoms with van der Waals surface area (Å²) in [5.74, 6) is 0. The van der Waals surface area contributed by atoms with Crippen molar-refractivity contribution in [2.24, 2.45) is 0 Å². The Bertz CT molecular complexity index is 208. The summed E-state index contributed by atoms with van der Waals surface area (Å²) in [7, 11) is 0. The Hall–Kier alpha value is -0.260. The second-order valence-corrected chi connectivity index (χ2v) is 2.62. The molecule has 4 atom stereocenters. The number of carbonyl (C=O) groups is 2. The number of aliphatic hydroxyl groups excluding tert-OH is 5. The standard InChI is InChI=1S/C6H12O6.CH2O3.Na/c7-1-3(9)5(11)6(12)4(10)2-8;2-1(3)4;/h1,3-6,8-12H,2H2;(H2,2,3,4);/q;;+1/p-1/t3-,4+,5+,6+;;/m0../s1. The number of aliphatic hydroxyl groups is 5. The molecule has 0 heterocycles. The zero-order chi connectivity index (χ0) is 13.3. The van der Waals surface area contributed by atoms with Gasteiger partial charge in [0, 0.05) is 0 Å². The number of rotatable bonds is 5. The molecule has 0 aliphatic rings. The van der Waals surface area contributed by atoms with E-state index in [0.717, 1.165) is 0 Å². The van der Waals surface area contributed by atoms with Crippen LogP contribution >= 0.6 is 0 Å². The van der Waals surface area contributed by atoms with Crippen molar-refractivity contribution < 1.29 is 74.9 Å². The molecule has 9 nitrogen and oxygen atoms in total. The summed E-state index contributed by atoms with van der Waals surface area (Å²) >= 11 is 0. The Labute approximate surface area is 118 Å². The van der Waals surface area contributed by atoms with Gasteiger partial charge in [0.05, 0.1) is 6.61 Å². The molecule has 0 saturated heterocycles. The minimum atomic E-state index is -2.08. The Morgan fingerprint density at radius 2 is 1.53 bits per heavy atom. The van der Waals surface area contributed by atoms with Gasteiger partial charge < -0.3 is 45.3 Å². The molecule has 10 heteroatoms. The largest absolute Gasteiger partial charge is 1.00 e. The molecule has 0 rings (SSSR count). The molecule has 0 fully saturated rings. The van der Waals surface area contributed by atoms with Gasteiger partial charge in [0.2, 0.25) is 6.16 Å². The molecule has 0 radical (unpaired) electrons. The van der Waals surface area contributed by atoms with Crippen molar-refractivity contribution in [3.63, 3.8) is 0 Å². The van der Waals surface area contributed by atoms with Gasteiger partial charge in [-0.1, -0.05) is 0 Å². The Morgan fingerprint density at radius 1 is 1.18 bits per heavy atom. The van der Waals surface area contributed by atoms with E-state index in [0.29, 0.717) is 0 Å². The van der Waals surface area contributed by atoms with E-state index >= 15 is 0 Å². The molecule has 0 unspecified atom stereocenters. The van der Waals surface area contributed by atoms with Crippen molar-refractivity contribution in [1.29, 1.82) is 0 Å². The molecule has 17 heavy (non-hydrogen) atoms. The molecular formula is C7H13NaO9. The van der Waals surface area contributed by atoms with Crippen LogP contribution in [0.1, 0.15) is 0 Å². The number of hydrogen-bond acceptors (Lipinski definition) is 8. The minimum absolute atomic E-state index is 0. The summed E-state index contributed by atoms with van der Waals surface area (Å²) in [6.07, 6.45) is -8.92. The van der Waals surface area contributed by atoms with Gasteiger partial charge in [-0.15, -0.1) is 0 Å². The predicted molar refractivity (Wildman–Crippen MR) is 45.2 cm³/mol. The maximum Gasteiger partial charge on any atom is 1.00 e. The molecule has 0 aromatic heterocycles. The number of hydrogen-bond donors (Lipinski definition) is 6. The van der Waals surface area contributed by atoms with Crippen molar-refractivity contribution in [3.8, 4) is 0 Å². The van der Waals surface area contributed by atoms with Crippen molar-refractivity contribution in [3.05, 3.63) is 0 Å². The van der Waals surface area contributed by atoms with E-state index in [1.54, 1.807) is 0 Å². The summed E-state index contributed by atoms with van der Waals surface area (Å²) < 4.78 is 0. The first-order chi connectivity index (χ1) is 7.27. The molecule has 6 N–H and O–H groups in total. The van der Waals surface area contributed by atoms with E-state index in [9.17, 15) is 4.79 Å². The van der Waals surface area contributed by atoms with Crippen LogP contribution in [0.5, 0.6) is 0 Å². The first-order valence-electron chi connectivity index (χ1n) is 3.96. The van der Waals surface area contributed by atoms with Gasteiger partial charge in [-0.3, -0.25) is 0 Å². The van der Waals surface area contributed by atoms with Crippen LogP contribution in [0, 0.1) is 0 Å². The zero-order valence-corrected chi connectivity index (χ0v) is 11.0. The molecule has 0 aliphatic heterocycles. The summed E-state index contributed by atoms with van der Waals surface area (Å²) in [5, 5.41) is 58.8. The number of carbonyl (C=O) groups excluding carboxylic acids is 1. The summed E-state index contributed by atoms with van der Waals surface area (Å²) in [6, 6.07) is 0. The third-order valence-electron chi connectivity index (χ3n) is 1.42. The van der Waals surface area contributed by atoms with Crippen LogP contribution in [-0.4, -0.2) is 74.1 Å². The quantitative estimate of drug-likeness (QED) is 0.208. The van der Waals surface area contributed by atoms with Crippen LogP contribution in [0.3, 0.4) is 0 Å². The van der Waals surface area contributed by atoms with E-state index in [1.165, 1.54) is 0 Å². The average Bonchev–Trinajstić information content (AvgIpc) is 2.24. The third kappa shape index (κ3) is 12.0. The molecule has 0 aliphatic carbocycles. The van der Waals surface area contributed by atoms with Gasteiger partial charge in [0.25, 0.3) is 0 Å². The van der Waals surface area contributed by atoms with Crippen LogP contribution in [-0.2, 0) is 4.79 Å². The van der Waals surface area contributed by atoms with Gasteiger partial charge in [0.15, 0.2) is 6.29 Å². The van der Waals surface area contributed by atoms with Gasteiger partial charge in [-0.05, 0) is 0 Å². The van der Waals surface area contributed by atoms with Crippen molar-refractivity contribution in [2.75, 3.05) is 6.61 Å². The zero-order valence-electron chi connectivity index (χ0n) is 9.00. The van der Waals surface area contributed by atoms with Crippen molar-refractivity contribution in [2.45, 2.75) is 24.4 Å². The van der Waals surface area contributed by atoms with Crippen LogP contribution < -0.4 is 34.7 Å². The SMILES string of the molecule is O=C([O-])O.O=C[C@H](O)[C@@H](O)[C@H](O)[C@H](O)CO.[Na+]. The summed E-state index contributed by atoms with van der Waals surface area (Å²) in [4.78, 5) is 18.3. The Morgan fingerprint density at radius 3 is 1.76 bits per heavy atom. The van der Waals surface area contributed by atoms with E-state index < -0.39 is 37.2 Å². The molecule has 0 aromatic carbocycles. The predicted octanol–water partition coefficient (Wildman–Crippen LogP) is -7.49. The molecule has 0 spiro atoms. The van der Waals surface area contributed by atoms with Crippen LogP contribution in [0.2, 0.25) is 0 Å². The van der Waals surface area contributed by atoms with Gasteiger partial charge >= 0.3 is 29.6 Å². The fourth-order valence-corrected chi connectivity index (χ4v) is 0.618. The van der Waals surface area contributed by atoms with E-state index in [2.05, 4.69) is 0 Å². The topological polar surface area (TPSA) is 179 Å². The molecule has 96 valence electrons. The first kappa shape index (κ1) is 22.0. The molecular weight excluding hydrogens is 251 g/mol. The Balaban J connectivity index is -0.000000340. The fourth-order valence-electron chi connectivity index (χ4n) is 0.618. The molecule has 0 amide bonds. The third-order valence-corrected chi connectivity index (χ3v) is 1.42. The second kappa shape index (κ2) is 12.2. The first-order valence-corrected chi connectivity index (χ1v) is 3.96. The van der Waals surface area contributed by atoms with Gasteiger partial charge in [-0.2, -0.15) is 0 Å². The van der Waals surface area contributed by atoms with E-state index in [1.807, 2.05) is 0 Å². The van der Waals surface area contributed by atoms with Crippen molar-refractivity contribution >= 4 is 12.4 Å². The van der Waals surface area contributed by atoms with Crippen LogP contribution in [0.15, 0.2) is 0 Å². The van der Waals surface area contributed by atoms with Crippen molar-refractivity contribution in [1.82, 2.24) is 0 Å². The number of aldehydes is 1. The molecule has 0 aromatic rings. The van der Waals surface area contributed by atoms with E-state index in [-0.39, 0.29) is 35.8 Å². The molecule has 0 bridgehead atoms. The van der Waals surface area contributed by atoms with E-state index in [4.69, 9.17) is 40.5 Å². The normalized spacial score (nSPS) is 16.3. The average molecular weight is 264 g/mol. The molecule has 0 saturated carbocycles. The van der Waals surface area contributed by atoms with Gasteiger partial charge in [-0.25, -0.2) is 0 Å². The fraction of sp³-hybridized carbons (Fsp3) is 0.714. The van der Waals surface area contributed by atoms with Crippen LogP contribution in [0.25, 0.3) is 0 Å². The summed E-state index contributed by atoms with van der Waals surface area (Å²) in [6.45, 7) is -0.760. The smallest absolute Gasteiger partial charge is 0.565 e. The summed E-state index contributed by atoms with van der Waals surface area (Å²) in [5.41, 5.74) is 0. The maximum atomic E-state index is 9.90. The second-order valence-electron chi connectivity index (χ2n) is 2.62. The van der Waals surface area contributed by atoms with Crippen LogP contribution in [0.4, 0.5) is 4.79 Å². The van der Waals surface area contributed by atoms with Gasteiger partial charge in [0.1, 0.15) is 24.4 Å². The Kier molecular flexibility index (Phi) is 15.8. The minimum Gasteiger partial charge on any atom is -0.565 e. The number of carboxylic acid groups (broad SMARTS) is 2.